The molecule has 0 saturated heterocycles. The first-order chi connectivity index (χ1) is 10.7. The molecule has 0 aliphatic carbocycles. The van der Waals surface area contributed by atoms with Crippen molar-refractivity contribution in [3.8, 4) is 0 Å². The Hall–Kier alpha value is -2.14. The van der Waals surface area contributed by atoms with E-state index < -0.39 is 0 Å². The molecular formula is C17H19N3OS. The number of para-hydroxylation sites is 2. The number of aromatic nitrogens is 2. The zero-order valence-electron chi connectivity index (χ0n) is 12.7. The highest BCUT2D eigenvalue weighted by Gasteiger charge is 2.14. The van der Waals surface area contributed by atoms with E-state index in [4.69, 9.17) is 0 Å². The Bertz CT molecular complexity index is 776. The normalized spacial score (nSPS) is 12.5. The van der Waals surface area contributed by atoms with E-state index in [9.17, 15) is 4.79 Å². The number of thiophene rings is 1. The Morgan fingerprint density at radius 1 is 1.32 bits per heavy atom. The number of amides is 1. The Morgan fingerprint density at radius 3 is 2.86 bits per heavy atom. The lowest BCUT2D eigenvalue weighted by Gasteiger charge is -2.14. The van der Waals surface area contributed by atoms with E-state index in [1.807, 2.05) is 53.3 Å². The molecule has 4 nitrogen and oxygen atoms in total. The molecular weight excluding hydrogens is 294 g/mol. The maximum absolute atomic E-state index is 12.4. The van der Waals surface area contributed by atoms with Crippen LogP contribution >= 0.6 is 11.3 Å². The zero-order chi connectivity index (χ0) is 15.5. The van der Waals surface area contributed by atoms with Crippen molar-refractivity contribution in [1.82, 2.24) is 14.9 Å². The van der Waals surface area contributed by atoms with Gasteiger partial charge in [-0.05, 0) is 30.5 Å². The van der Waals surface area contributed by atoms with E-state index in [2.05, 4.69) is 17.2 Å². The molecule has 1 amide bonds. The molecule has 0 saturated carbocycles. The second kappa shape index (κ2) is 6.32. The van der Waals surface area contributed by atoms with Crippen molar-refractivity contribution in [2.75, 3.05) is 0 Å². The van der Waals surface area contributed by atoms with Crippen LogP contribution in [0, 0.1) is 0 Å². The maximum atomic E-state index is 12.4. The molecule has 1 aromatic carbocycles. The van der Waals surface area contributed by atoms with Crippen molar-refractivity contribution in [2.45, 2.75) is 32.9 Å². The van der Waals surface area contributed by atoms with Crippen LogP contribution in [0.5, 0.6) is 0 Å². The predicted octanol–water partition coefficient (Wildman–Crippen LogP) is 3.54. The molecule has 0 aliphatic heterocycles. The monoisotopic (exact) mass is 313 g/mol. The standard InChI is InChI=1S/C17H19N3OS/c1-3-16-19-13-7-4-5-8-14(13)20(16)11-17(21)18-12(2)15-9-6-10-22-15/h4-10,12H,3,11H2,1-2H3,(H,18,21)/t12-/m1/s1. The van der Waals surface area contributed by atoms with Crippen molar-refractivity contribution in [2.24, 2.45) is 0 Å². The third-order valence-electron chi connectivity index (χ3n) is 3.70. The number of nitrogens with one attached hydrogen (secondary N) is 1. The van der Waals surface area contributed by atoms with E-state index >= 15 is 0 Å². The van der Waals surface area contributed by atoms with Crippen LogP contribution in [0.25, 0.3) is 11.0 Å². The number of carbonyl (C=O) groups excluding carboxylic acids is 1. The number of fused-ring (bicyclic) bond motifs is 1. The van der Waals surface area contributed by atoms with Crippen molar-refractivity contribution in [3.63, 3.8) is 0 Å². The SMILES string of the molecule is CCc1nc2ccccc2n1CC(=O)N[C@H](C)c1cccs1. The van der Waals surface area contributed by atoms with E-state index in [1.54, 1.807) is 11.3 Å². The fourth-order valence-corrected chi connectivity index (χ4v) is 3.35. The molecule has 114 valence electrons. The lowest BCUT2D eigenvalue weighted by atomic mass is 10.2. The van der Waals surface area contributed by atoms with Crippen LogP contribution in [0.4, 0.5) is 0 Å². The minimum atomic E-state index is 0.0127. The van der Waals surface area contributed by atoms with Crippen LogP contribution in [-0.2, 0) is 17.8 Å². The van der Waals surface area contributed by atoms with Gasteiger partial charge in [0.05, 0.1) is 17.1 Å². The number of aryl methyl sites for hydroxylation is 1. The van der Waals surface area contributed by atoms with Crippen molar-refractivity contribution in [3.05, 3.63) is 52.5 Å². The minimum absolute atomic E-state index is 0.0127. The Labute approximate surface area is 133 Å². The fraction of sp³-hybridized carbons (Fsp3) is 0.294. The fourth-order valence-electron chi connectivity index (χ4n) is 2.61. The van der Waals surface area contributed by atoms with Gasteiger partial charge in [0.25, 0.3) is 0 Å². The summed E-state index contributed by atoms with van der Waals surface area (Å²) in [6, 6.07) is 12.0. The number of imidazole rings is 1. The van der Waals surface area contributed by atoms with Gasteiger partial charge in [-0.3, -0.25) is 4.79 Å². The van der Waals surface area contributed by atoms with Gasteiger partial charge < -0.3 is 9.88 Å². The van der Waals surface area contributed by atoms with E-state index in [-0.39, 0.29) is 11.9 Å². The topological polar surface area (TPSA) is 46.9 Å². The third-order valence-corrected chi connectivity index (χ3v) is 4.75. The first-order valence-corrected chi connectivity index (χ1v) is 8.34. The highest BCUT2D eigenvalue weighted by molar-refractivity contribution is 7.10. The van der Waals surface area contributed by atoms with Crippen molar-refractivity contribution < 1.29 is 4.79 Å². The van der Waals surface area contributed by atoms with Gasteiger partial charge >= 0.3 is 0 Å². The van der Waals surface area contributed by atoms with Gasteiger partial charge in [-0.25, -0.2) is 4.98 Å². The zero-order valence-corrected chi connectivity index (χ0v) is 13.6. The molecule has 3 aromatic rings. The smallest absolute Gasteiger partial charge is 0.240 e. The minimum Gasteiger partial charge on any atom is -0.347 e. The molecule has 0 radical (unpaired) electrons. The summed E-state index contributed by atoms with van der Waals surface area (Å²) in [5.74, 6) is 0.957. The van der Waals surface area contributed by atoms with Crippen molar-refractivity contribution in [1.29, 1.82) is 0 Å². The summed E-state index contributed by atoms with van der Waals surface area (Å²) in [6.45, 7) is 4.37. The van der Waals surface area contributed by atoms with Gasteiger partial charge in [0.15, 0.2) is 0 Å². The number of hydrogen-bond acceptors (Lipinski definition) is 3. The summed E-state index contributed by atoms with van der Waals surface area (Å²) in [7, 11) is 0. The second-order valence-electron chi connectivity index (χ2n) is 5.26. The molecule has 0 aliphatic rings. The molecule has 0 unspecified atom stereocenters. The van der Waals surface area contributed by atoms with E-state index in [0.717, 1.165) is 23.3 Å². The highest BCUT2D eigenvalue weighted by Crippen LogP contribution is 2.19. The molecule has 0 spiro atoms. The highest BCUT2D eigenvalue weighted by atomic mass is 32.1. The van der Waals surface area contributed by atoms with E-state index in [1.165, 1.54) is 4.88 Å². The second-order valence-corrected chi connectivity index (χ2v) is 6.24. The van der Waals surface area contributed by atoms with Crippen LogP contribution < -0.4 is 5.32 Å². The molecule has 1 N–H and O–H groups in total. The molecule has 22 heavy (non-hydrogen) atoms. The predicted molar refractivity (Wildman–Crippen MR) is 90.0 cm³/mol. The summed E-state index contributed by atoms with van der Waals surface area (Å²) in [4.78, 5) is 18.1. The van der Waals surface area contributed by atoms with E-state index in [0.29, 0.717) is 6.54 Å². The summed E-state index contributed by atoms with van der Waals surface area (Å²) in [6.07, 6.45) is 0.808. The molecule has 0 fully saturated rings. The van der Waals surface area contributed by atoms with Gasteiger partial charge in [-0.15, -0.1) is 11.3 Å². The summed E-state index contributed by atoms with van der Waals surface area (Å²) in [5, 5.41) is 5.08. The largest absolute Gasteiger partial charge is 0.347 e. The van der Waals surface area contributed by atoms with Crippen LogP contribution in [0.3, 0.4) is 0 Å². The van der Waals surface area contributed by atoms with Crippen LogP contribution in [-0.4, -0.2) is 15.5 Å². The van der Waals surface area contributed by atoms with Crippen LogP contribution in [0.2, 0.25) is 0 Å². The average Bonchev–Trinajstić information content (AvgIpc) is 3.15. The summed E-state index contributed by atoms with van der Waals surface area (Å²) in [5.41, 5.74) is 1.96. The average molecular weight is 313 g/mol. The molecule has 0 bridgehead atoms. The molecule has 5 heteroatoms. The maximum Gasteiger partial charge on any atom is 0.240 e. The number of nitrogens with zero attached hydrogens (tertiary/aromatic N) is 2. The van der Waals surface area contributed by atoms with Crippen LogP contribution in [0.1, 0.15) is 30.6 Å². The van der Waals surface area contributed by atoms with Gasteiger partial charge in [0.2, 0.25) is 5.91 Å². The van der Waals surface area contributed by atoms with Crippen molar-refractivity contribution >= 4 is 28.3 Å². The number of rotatable bonds is 5. The Morgan fingerprint density at radius 2 is 2.14 bits per heavy atom. The lowest BCUT2D eigenvalue weighted by molar-refractivity contribution is -0.122. The molecule has 2 aromatic heterocycles. The summed E-state index contributed by atoms with van der Waals surface area (Å²) >= 11 is 1.66. The van der Waals surface area contributed by atoms with Gasteiger partial charge in [0.1, 0.15) is 12.4 Å². The first-order valence-electron chi connectivity index (χ1n) is 7.46. The molecule has 2 heterocycles. The molecule has 1 atom stereocenters. The quantitative estimate of drug-likeness (QED) is 0.783. The van der Waals surface area contributed by atoms with Gasteiger partial charge in [0, 0.05) is 11.3 Å². The Kier molecular flexibility index (Phi) is 4.24. The van der Waals surface area contributed by atoms with Gasteiger partial charge in [-0.2, -0.15) is 0 Å². The van der Waals surface area contributed by atoms with Gasteiger partial charge in [-0.1, -0.05) is 25.1 Å². The first kappa shape index (κ1) is 14.8. The number of benzene rings is 1. The molecule has 3 rings (SSSR count). The summed E-state index contributed by atoms with van der Waals surface area (Å²) < 4.78 is 2.01. The Balaban J connectivity index is 1.79. The van der Waals surface area contributed by atoms with Crippen LogP contribution in [0.15, 0.2) is 41.8 Å². The number of hydrogen-bond donors (Lipinski definition) is 1. The lowest BCUT2D eigenvalue weighted by Crippen LogP contribution is -2.30. The number of carbonyl (C=O) groups is 1. The third kappa shape index (κ3) is 2.90.